The van der Waals surface area contributed by atoms with Crippen LogP contribution in [0.2, 0.25) is 0 Å². The predicted molar refractivity (Wildman–Crippen MR) is 80.2 cm³/mol. The van der Waals surface area contributed by atoms with Crippen molar-refractivity contribution in [2.45, 2.75) is 20.3 Å². The zero-order chi connectivity index (χ0) is 17.6. The number of hydrogen-bond acceptors (Lipinski definition) is 2. The minimum Gasteiger partial charge on any atom is -0.460 e. The van der Waals surface area contributed by atoms with E-state index in [1.807, 2.05) is 26.0 Å². The van der Waals surface area contributed by atoms with E-state index in [1.54, 1.807) is 12.1 Å². The van der Waals surface area contributed by atoms with Gasteiger partial charge in [-0.2, -0.15) is 0 Å². The number of rotatable bonds is 3. The molecule has 0 N–H and O–H groups in total. The first-order chi connectivity index (χ1) is 11.4. The number of aryl methyl sites for hydroxylation is 2. The van der Waals surface area contributed by atoms with E-state index >= 15 is 0 Å². The minimum absolute atomic E-state index is 0.0355. The van der Waals surface area contributed by atoms with Crippen LogP contribution in [0.1, 0.15) is 39.7 Å². The van der Waals surface area contributed by atoms with Crippen molar-refractivity contribution in [2.75, 3.05) is 0 Å². The van der Waals surface area contributed by atoms with Gasteiger partial charge in [-0.25, -0.2) is 0 Å². The summed E-state index contributed by atoms with van der Waals surface area (Å²) in [4.78, 5) is 13.0. The number of benzene rings is 2. The maximum Gasteiger partial charge on any atom is 0.197 e. The predicted octanol–water partition coefficient (Wildman–Crippen LogP) is 4.53. The lowest BCUT2D eigenvalue weighted by molar-refractivity contribution is 0.103. The summed E-state index contributed by atoms with van der Waals surface area (Å²) in [5.74, 6) is 0.0817. The molecule has 0 atom stereocenters. The molecule has 100 valence electrons. The molecule has 0 aliphatic rings. The van der Waals surface area contributed by atoms with E-state index in [-0.39, 0.29) is 46.5 Å². The van der Waals surface area contributed by atoms with Crippen molar-refractivity contribution in [3.63, 3.8) is 0 Å². The summed E-state index contributed by atoms with van der Waals surface area (Å²) in [6.45, 7) is 3.75. The monoisotopic (exact) mass is 268 g/mol. The highest BCUT2D eigenvalue weighted by Gasteiger charge is 2.20. The Morgan fingerprint density at radius 2 is 1.90 bits per heavy atom. The van der Waals surface area contributed by atoms with Gasteiger partial charge in [0.2, 0.25) is 0 Å². The summed E-state index contributed by atoms with van der Waals surface area (Å²) in [6, 6.07) is 5.84. The average Bonchev–Trinajstić information content (AvgIpc) is 2.97. The average molecular weight is 268 g/mol. The Balaban J connectivity index is 2.34. The quantitative estimate of drug-likeness (QED) is 0.653. The molecule has 0 saturated heterocycles. The summed E-state index contributed by atoms with van der Waals surface area (Å²) in [7, 11) is 0. The SMILES string of the molecule is [2H]c1c([2H])c([2H])c2c(C(=O)c3ccc(C)cc3)c(CC)oc2c1[2H]. The second-order valence-corrected chi connectivity index (χ2v) is 4.65. The molecule has 2 nitrogen and oxygen atoms in total. The van der Waals surface area contributed by atoms with E-state index in [0.717, 1.165) is 5.56 Å². The topological polar surface area (TPSA) is 30.2 Å². The van der Waals surface area contributed by atoms with Crippen molar-refractivity contribution in [1.29, 1.82) is 0 Å². The van der Waals surface area contributed by atoms with E-state index in [9.17, 15) is 4.79 Å². The van der Waals surface area contributed by atoms with Crippen LogP contribution in [-0.2, 0) is 6.42 Å². The second-order valence-electron chi connectivity index (χ2n) is 4.65. The lowest BCUT2D eigenvalue weighted by Gasteiger charge is -2.02. The number of furan rings is 1. The molecule has 0 aliphatic heterocycles. The van der Waals surface area contributed by atoms with Crippen LogP contribution in [0.15, 0.2) is 52.9 Å². The standard InChI is InChI=1S/C18H16O2/c1-3-15-17(14-6-4-5-7-16(14)20-15)18(19)13-10-8-12(2)9-11-13/h4-11H,3H2,1-2H3/i4D,5D,6D,7D. The van der Waals surface area contributed by atoms with E-state index in [1.165, 1.54) is 0 Å². The van der Waals surface area contributed by atoms with Gasteiger partial charge in [-0.05, 0) is 13.0 Å². The minimum atomic E-state index is -0.367. The van der Waals surface area contributed by atoms with Crippen molar-refractivity contribution in [2.24, 2.45) is 0 Å². The summed E-state index contributed by atoms with van der Waals surface area (Å²) in [6.07, 6.45) is 0.418. The van der Waals surface area contributed by atoms with Crippen LogP contribution in [0.5, 0.6) is 0 Å². The van der Waals surface area contributed by atoms with Gasteiger partial charge in [-0.1, -0.05) is 54.9 Å². The van der Waals surface area contributed by atoms with Crippen LogP contribution in [0.3, 0.4) is 0 Å². The van der Waals surface area contributed by atoms with Crippen LogP contribution in [0, 0.1) is 6.92 Å². The van der Waals surface area contributed by atoms with E-state index in [4.69, 9.17) is 9.90 Å². The third kappa shape index (κ3) is 2.03. The highest BCUT2D eigenvalue weighted by molar-refractivity contribution is 6.16. The molecule has 1 heterocycles. The molecule has 1 aromatic heterocycles. The molecule has 0 spiro atoms. The zero-order valence-corrected chi connectivity index (χ0v) is 11.3. The zero-order valence-electron chi connectivity index (χ0n) is 15.3. The third-order valence-corrected chi connectivity index (χ3v) is 3.27. The largest absolute Gasteiger partial charge is 0.460 e. The normalized spacial score (nSPS) is 13.7. The molecule has 2 heteroatoms. The molecule has 2 aromatic carbocycles. The molecule has 20 heavy (non-hydrogen) atoms. The molecule has 0 amide bonds. The van der Waals surface area contributed by atoms with Crippen molar-refractivity contribution in [3.8, 4) is 0 Å². The highest BCUT2D eigenvalue weighted by atomic mass is 16.3. The number of carbonyl (C=O) groups excluding carboxylic acids is 1. The van der Waals surface area contributed by atoms with Gasteiger partial charge in [0.15, 0.2) is 5.78 Å². The van der Waals surface area contributed by atoms with Gasteiger partial charge in [-0.15, -0.1) is 0 Å². The van der Waals surface area contributed by atoms with Crippen molar-refractivity contribution >= 4 is 16.8 Å². The van der Waals surface area contributed by atoms with Crippen molar-refractivity contribution in [3.05, 3.63) is 70.9 Å². The van der Waals surface area contributed by atoms with Crippen LogP contribution in [-0.4, -0.2) is 5.78 Å². The molecule has 0 saturated carbocycles. The molecule has 0 aliphatic carbocycles. The second kappa shape index (κ2) is 4.97. The summed E-state index contributed by atoms with van der Waals surface area (Å²) in [5, 5.41) is 0.156. The first-order valence-corrected chi connectivity index (χ1v) is 6.49. The fraction of sp³-hybridized carbons (Fsp3) is 0.167. The Kier molecular flexibility index (Phi) is 2.17. The molecule has 3 rings (SSSR count). The molecule has 0 bridgehead atoms. The van der Waals surface area contributed by atoms with Crippen LogP contribution in [0.4, 0.5) is 0 Å². The maximum absolute atomic E-state index is 13.0. The van der Waals surface area contributed by atoms with Gasteiger partial charge >= 0.3 is 0 Å². The third-order valence-electron chi connectivity index (χ3n) is 3.27. The van der Waals surface area contributed by atoms with Gasteiger partial charge in [0.1, 0.15) is 11.3 Å². The lowest BCUT2D eigenvalue weighted by Crippen LogP contribution is -2.03. The molecule has 3 aromatic rings. The lowest BCUT2D eigenvalue weighted by atomic mass is 9.99. The van der Waals surface area contributed by atoms with Gasteiger partial charge in [0.25, 0.3) is 0 Å². The Morgan fingerprint density at radius 3 is 2.60 bits per heavy atom. The number of carbonyl (C=O) groups is 1. The van der Waals surface area contributed by atoms with Gasteiger partial charge in [0, 0.05) is 17.4 Å². The number of para-hydroxylation sites is 1. The van der Waals surface area contributed by atoms with Gasteiger partial charge < -0.3 is 4.42 Å². The fourth-order valence-corrected chi connectivity index (χ4v) is 2.21. The first-order valence-electron chi connectivity index (χ1n) is 8.49. The highest BCUT2D eigenvalue weighted by Crippen LogP contribution is 2.28. The van der Waals surface area contributed by atoms with Crippen LogP contribution in [0.25, 0.3) is 11.0 Å². The van der Waals surface area contributed by atoms with E-state index in [0.29, 0.717) is 17.7 Å². The summed E-state index contributed by atoms with van der Waals surface area (Å²) < 4.78 is 37.4. The molecular formula is C18H16O2. The number of hydrogen-bond donors (Lipinski definition) is 0. The Bertz CT molecular complexity index is 956. The van der Waals surface area contributed by atoms with Crippen LogP contribution >= 0.6 is 0 Å². The fourth-order valence-electron chi connectivity index (χ4n) is 2.21. The first kappa shape index (κ1) is 8.75. The molecule has 0 radical (unpaired) electrons. The van der Waals surface area contributed by atoms with Gasteiger partial charge in [0.05, 0.1) is 11.0 Å². The Hall–Kier alpha value is -2.35. The van der Waals surface area contributed by atoms with Gasteiger partial charge in [-0.3, -0.25) is 4.79 Å². The Labute approximate surface area is 123 Å². The summed E-state index contributed by atoms with van der Waals surface area (Å²) >= 11 is 0. The van der Waals surface area contributed by atoms with E-state index < -0.39 is 0 Å². The van der Waals surface area contributed by atoms with E-state index in [2.05, 4.69) is 0 Å². The number of fused-ring (bicyclic) bond motifs is 1. The smallest absolute Gasteiger partial charge is 0.197 e. The maximum atomic E-state index is 13.0. The Morgan fingerprint density at radius 1 is 1.20 bits per heavy atom. The van der Waals surface area contributed by atoms with Crippen LogP contribution < -0.4 is 0 Å². The molecule has 0 unspecified atom stereocenters. The summed E-state index contributed by atoms with van der Waals surface area (Å²) in [5.41, 5.74) is 1.75. The molecular weight excluding hydrogens is 248 g/mol. The molecule has 0 fully saturated rings. The number of ketones is 1. The van der Waals surface area contributed by atoms with Crippen molar-refractivity contribution < 1.29 is 14.7 Å². The van der Waals surface area contributed by atoms with Crippen molar-refractivity contribution in [1.82, 2.24) is 0 Å².